The molecule has 0 radical (unpaired) electrons. The van der Waals surface area contributed by atoms with Gasteiger partial charge in [-0.15, -0.1) is 0 Å². The Kier molecular flexibility index (Phi) is 4.86. The van der Waals surface area contributed by atoms with Gasteiger partial charge in [-0.05, 0) is 43.7 Å². The minimum Gasteiger partial charge on any atom is -0.316 e. The highest BCUT2D eigenvalue weighted by Crippen LogP contribution is 2.33. The second kappa shape index (κ2) is 6.41. The van der Waals surface area contributed by atoms with Gasteiger partial charge in [-0.1, -0.05) is 13.0 Å². The highest BCUT2D eigenvalue weighted by atomic mass is 32.2. The van der Waals surface area contributed by atoms with Crippen molar-refractivity contribution in [3.8, 4) is 0 Å². The van der Waals surface area contributed by atoms with E-state index in [2.05, 4.69) is 36.4 Å². The van der Waals surface area contributed by atoms with Gasteiger partial charge in [0.05, 0.1) is 0 Å². The smallest absolute Gasteiger partial charge is 0.0482 e. The van der Waals surface area contributed by atoms with E-state index in [4.69, 9.17) is 0 Å². The molecule has 1 aliphatic carbocycles. The van der Waals surface area contributed by atoms with Crippen LogP contribution in [-0.2, 0) is 6.42 Å². The summed E-state index contributed by atoms with van der Waals surface area (Å²) in [7, 11) is 2.08. The molecule has 0 amide bonds. The van der Waals surface area contributed by atoms with Crippen molar-refractivity contribution in [3.63, 3.8) is 0 Å². The molecule has 17 heavy (non-hydrogen) atoms. The first kappa shape index (κ1) is 12.9. The van der Waals surface area contributed by atoms with Crippen molar-refractivity contribution in [3.05, 3.63) is 29.6 Å². The van der Waals surface area contributed by atoms with Crippen LogP contribution in [0.4, 0.5) is 0 Å². The molecule has 0 saturated heterocycles. The minimum absolute atomic E-state index is 0.564. The third kappa shape index (κ3) is 3.02. The van der Waals surface area contributed by atoms with Crippen LogP contribution in [0.1, 0.15) is 36.9 Å². The van der Waals surface area contributed by atoms with Crippen LogP contribution < -0.4 is 5.32 Å². The number of aromatic nitrogens is 1. The van der Waals surface area contributed by atoms with Gasteiger partial charge >= 0.3 is 0 Å². The Balaban J connectivity index is 2.15. The quantitative estimate of drug-likeness (QED) is 0.870. The summed E-state index contributed by atoms with van der Waals surface area (Å²) in [6.07, 6.45) is 5.73. The lowest BCUT2D eigenvalue weighted by Crippen LogP contribution is -2.36. The number of likely N-dealkylation sites (N-methyl/N-ethyl adjacent to an activating group) is 1. The first-order chi connectivity index (χ1) is 8.36. The molecular weight excluding hydrogens is 228 g/mol. The van der Waals surface area contributed by atoms with Gasteiger partial charge in [-0.25, -0.2) is 0 Å². The standard InChI is InChI=1S/C14H22N2S/c1-3-17-10-13(15-2)12-8-4-6-11-7-5-9-16-14(11)12/h5,7,9,12-13,15H,3-4,6,8,10H2,1-2H3. The van der Waals surface area contributed by atoms with Crippen molar-refractivity contribution in [2.24, 2.45) is 0 Å². The van der Waals surface area contributed by atoms with E-state index in [1.54, 1.807) is 0 Å². The molecule has 3 heteroatoms. The van der Waals surface area contributed by atoms with Crippen LogP contribution in [0.3, 0.4) is 0 Å². The summed E-state index contributed by atoms with van der Waals surface area (Å²) < 4.78 is 0. The average molecular weight is 250 g/mol. The maximum Gasteiger partial charge on any atom is 0.0482 e. The Morgan fingerprint density at radius 1 is 1.59 bits per heavy atom. The number of aryl methyl sites for hydroxylation is 1. The SMILES string of the molecule is CCSCC(NC)C1CCCc2cccnc21. The van der Waals surface area contributed by atoms with Crippen molar-refractivity contribution in [2.45, 2.75) is 38.1 Å². The molecule has 0 aromatic carbocycles. The number of fused-ring (bicyclic) bond motifs is 1. The minimum atomic E-state index is 0.564. The molecule has 2 rings (SSSR count). The summed E-state index contributed by atoms with van der Waals surface area (Å²) >= 11 is 2.02. The topological polar surface area (TPSA) is 24.9 Å². The van der Waals surface area contributed by atoms with E-state index in [0.717, 1.165) is 0 Å². The van der Waals surface area contributed by atoms with Crippen LogP contribution >= 0.6 is 11.8 Å². The van der Waals surface area contributed by atoms with Crippen molar-refractivity contribution in [1.29, 1.82) is 0 Å². The average Bonchev–Trinajstić information content (AvgIpc) is 2.40. The van der Waals surface area contributed by atoms with Gasteiger partial charge in [0, 0.05) is 29.6 Å². The highest BCUT2D eigenvalue weighted by molar-refractivity contribution is 7.99. The molecule has 0 spiro atoms. The summed E-state index contributed by atoms with van der Waals surface area (Å²) in [5.74, 6) is 2.98. The van der Waals surface area contributed by atoms with Gasteiger partial charge in [0.15, 0.2) is 0 Å². The van der Waals surface area contributed by atoms with E-state index >= 15 is 0 Å². The number of hydrogen-bond donors (Lipinski definition) is 1. The lowest BCUT2D eigenvalue weighted by Gasteiger charge is -2.31. The van der Waals surface area contributed by atoms with Gasteiger partial charge in [-0.3, -0.25) is 4.98 Å². The number of thioether (sulfide) groups is 1. The molecule has 0 bridgehead atoms. The summed E-state index contributed by atoms with van der Waals surface area (Å²) in [6, 6.07) is 4.87. The van der Waals surface area contributed by atoms with Gasteiger partial charge in [0.25, 0.3) is 0 Å². The van der Waals surface area contributed by atoms with Gasteiger partial charge in [0.2, 0.25) is 0 Å². The number of rotatable bonds is 5. The zero-order valence-electron chi connectivity index (χ0n) is 10.8. The molecule has 0 saturated carbocycles. The zero-order chi connectivity index (χ0) is 12.1. The first-order valence-corrected chi connectivity index (χ1v) is 7.71. The number of hydrogen-bond acceptors (Lipinski definition) is 3. The predicted octanol–water partition coefficient (Wildman–Crippen LogP) is 2.84. The summed E-state index contributed by atoms with van der Waals surface area (Å²) in [4.78, 5) is 4.63. The molecule has 1 aliphatic rings. The van der Waals surface area contributed by atoms with Crippen LogP contribution in [0.25, 0.3) is 0 Å². The molecule has 2 unspecified atom stereocenters. The van der Waals surface area contributed by atoms with E-state index in [9.17, 15) is 0 Å². The predicted molar refractivity (Wildman–Crippen MR) is 75.8 cm³/mol. The normalized spacial score (nSPS) is 20.9. The Morgan fingerprint density at radius 3 is 3.24 bits per heavy atom. The van der Waals surface area contributed by atoms with Crippen LogP contribution in [0.5, 0.6) is 0 Å². The molecule has 2 nitrogen and oxygen atoms in total. The molecule has 0 aliphatic heterocycles. The molecule has 0 fully saturated rings. The molecule has 1 aromatic heterocycles. The van der Waals surface area contributed by atoms with Crippen LogP contribution in [-0.4, -0.2) is 29.6 Å². The Hall–Kier alpha value is -0.540. The Morgan fingerprint density at radius 2 is 2.47 bits per heavy atom. The van der Waals surface area contributed by atoms with Crippen molar-refractivity contribution in [2.75, 3.05) is 18.6 Å². The highest BCUT2D eigenvalue weighted by Gasteiger charge is 2.27. The second-order valence-corrected chi connectivity index (χ2v) is 5.92. The zero-order valence-corrected chi connectivity index (χ0v) is 11.6. The first-order valence-electron chi connectivity index (χ1n) is 6.55. The monoisotopic (exact) mass is 250 g/mol. The molecule has 94 valence electrons. The fourth-order valence-electron chi connectivity index (χ4n) is 2.68. The summed E-state index contributed by atoms with van der Waals surface area (Å²) in [6.45, 7) is 2.23. The molecule has 1 heterocycles. The largest absolute Gasteiger partial charge is 0.316 e. The Bertz CT molecular complexity index is 354. The van der Waals surface area contributed by atoms with Crippen molar-refractivity contribution in [1.82, 2.24) is 10.3 Å². The third-order valence-corrected chi connectivity index (χ3v) is 4.60. The van der Waals surface area contributed by atoms with Gasteiger partial charge in [-0.2, -0.15) is 11.8 Å². The van der Waals surface area contributed by atoms with Crippen molar-refractivity contribution >= 4 is 11.8 Å². The fraction of sp³-hybridized carbons (Fsp3) is 0.643. The molecule has 2 atom stereocenters. The van der Waals surface area contributed by atoms with Gasteiger partial charge < -0.3 is 5.32 Å². The molecule has 1 N–H and O–H groups in total. The second-order valence-electron chi connectivity index (χ2n) is 4.60. The third-order valence-electron chi connectivity index (χ3n) is 3.60. The van der Waals surface area contributed by atoms with E-state index in [1.165, 1.54) is 42.0 Å². The van der Waals surface area contributed by atoms with Crippen molar-refractivity contribution < 1.29 is 0 Å². The van der Waals surface area contributed by atoms with Crippen LogP contribution in [0.15, 0.2) is 18.3 Å². The Labute approximate surface area is 109 Å². The number of pyridine rings is 1. The fourth-order valence-corrected chi connectivity index (χ4v) is 3.57. The molecular formula is C14H22N2S. The molecule has 1 aromatic rings. The lowest BCUT2D eigenvalue weighted by molar-refractivity contribution is 0.433. The lowest BCUT2D eigenvalue weighted by atomic mass is 9.82. The maximum atomic E-state index is 4.63. The number of nitrogens with zero attached hydrogens (tertiary/aromatic N) is 1. The summed E-state index contributed by atoms with van der Waals surface area (Å²) in [5.41, 5.74) is 2.81. The maximum absolute atomic E-state index is 4.63. The van der Waals surface area contributed by atoms with E-state index < -0.39 is 0 Å². The summed E-state index contributed by atoms with van der Waals surface area (Å²) in [5, 5.41) is 3.49. The van der Waals surface area contributed by atoms with E-state index in [1.807, 2.05) is 18.0 Å². The van der Waals surface area contributed by atoms with Gasteiger partial charge in [0.1, 0.15) is 0 Å². The van der Waals surface area contributed by atoms with Crippen LogP contribution in [0.2, 0.25) is 0 Å². The van der Waals surface area contributed by atoms with Crippen LogP contribution in [0, 0.1) is 0 Å². The number of nitrogens with one attached hydrogen (secondary N) is 1. The van der Waals surface area contributed by atoms with E-state index in [0.29, 0.717) is 12.0 Å². The van der Waals surface area contributed by atoms with E-state index in [-0.39, 0.29) is 0 Å².